The molecule has 0 unspecified atom stereocenters. The molecule has 0 saturated heterocycles. The molecule has 0 bridgehead atoms. The maximum Gasteiger partial charge on any atom is 0.256 e. The first kappa shape index (κ1) is 12.3. The van der Waals surface area contributed by atoms with E-state index in [0.29, 0.717) is 12.1 Å². The van der Waals surface area contributed by atoms with E-state index in [0.717, 1.165) is 6.07 Å². The van der Waals surface area contributed by atoms with Gasteiger partial charge in [0.25, 0.3) is 5.91 Å². The average Bonchev–Trinajstić information content (AvgIpc) is 2.33. The van der Waals surface area contributed by atoms with Gasteiger partial charge in [-0.05, 0) is 25.1 Å². The van der Waals surface area contributed by atoms with E-state index < -0.39 is 17.2 Å². The van der Waals surface area contributed by atoms with E-state index in [-0.39, 0.29) is 10.9 Å². The summed E-state index contributed by atoms with van der Waals surface area (Å²) in [4.78, 5) is 23.8. The monoisotopic (exact) mass is 248 g/mol. The summed E-state index contributed by atoms with van der Waals surface area (Å²) in [5, 5.41) is 2.77. The number of amides is 1. The van der Waals surface area contributed by atoms with Crippen molar-refractivity contribution >= 4 is 16.8 Å². The van der Waals surface area contributed by atoms with Gasteiger partial charge in [0.1, 0.15) is 11.4 Å². The normalized spacial score (nSPS) is 10.6. The molecule has 5 heteroatoms. The number of hydrogen-bond acceptors (Lipinski definition) is 2. The number of carbonyl (C=O) groups is 1. The fourth-order valence-corrected chi connectivity index (χ4v) is 1.88. The number of aromatic nitrogens is 1. The highest BCUT2D eigenvalue weighted by molar-refractivity contribution is 5.97. The Balaban J connectivity index is 2.75. The van der Waals surface area contributed by atoms with Crippen LogP contribution in [0.1, 0.15) is 17.3 Å². The second kappa shape index (κ2) is 4.60. The number of hydrogen-bond donors (Lipinski definition) is 1. The number of halogens is 1. The van der Waals surface area contributed by atoms with Crippen molar-refractivity contribution in [3.63, 3.8) is 0 Å². The van der Waals surface area contributed by atoms with Crippen LogP contribution in [0.15, 0.2) is 29.2 Å². The summed E-state index contributed by atoms with van der Waals surface area (Å²) in [6.45, 7) is 2.20. The Labute approximate surface area is 103 Å². The largest absolute Gasteiger partial charge is 0.352 e. The van der Waals surface area contributed by atoms with Crippen molar-refractivity contribution < 1.29 is 9.18 Å². The van der Waals surface area contributed by atoms with Crippen molar-refractivity contribution in [3.05, 3.63) is 46.0 Å². The van der Waals surface area contributed by atoms with Gasteiger partial charge in [-0.25, -0.2) is 4.39 Å². The summed E-state index contributed by atoms with van der Waals surface area (Å²) in [6, 6.07) is 3.96. The highest BCUT2D eigenvalue weighted by Gasteiger charge is 2.14. The highest BCUT2D eigenvalue weighted by Crippen LogP contribution is 2.12. The van der Waals surface area contributed by atoms with E-state index in [4.69, 9.17) is 0 Å². The van der Waals surface area contributed by atoms with Crippen LogP contribution in [0, 0.1) is 5.82 Å². The van der Waals surface area contributed by atoms with Gasteiger partial charge in [0.2, 0.25) is 5.43 Å². The SMILES string of the molecule is CCNC(=O)c1cn(C)c2ccc(F)cc2c1=O. The van der Waals surface area contributed by atoms with Crippen molar-refractivity contribution in [2.45, 2.75) is 6.92 Å². The van der Waals surface area contributed by atoms with Gasteiger partial charge in [-0.1, -0.05) is 0 Å². The van der Waals surface area contributed by atoms with E-state index in [9.17, 15) is 14.0 Å². The lowest BCUT2D eigenvalue weighted by atomic mass is 10.1. The van der Waals surface area contributed by atoms with Crippen LogP contribution in [0.4, 0.5) is 4.39 Å². The number of aryl methyl sites for hydroxylation is 1. The minimum Gasteiger partial charge on any atom is -0.352 e. The molecule has 4 nitrogen and oxygen atoms in total. The molecule has 0 aliphatic heterocycles. The summed E-state index contributed by atoms with van der Waals surface area (Å²) in [5.41, 5.74) is 0.167. The second-order valence-corrected chi connectivity index (χ2v) is 4.00. The molecule has 0 spiro atoms. The number of pyridine rings is 1. The number of fused-ring (bicyclic) bond motifs is 1. The predicted octanol–water partition coefficient (Wildman–Crippen LogP) is 1.43. The Bertz CT molecular complexity index is 676. The van der Waals surface area contributed by atoms with Crippen LogP contribution in [0.25, 0.3) is 10.9 Å². The van der Waals surface area contributed by atoms with E-state index in [1.807, 2.05) is 0 Å². The van der Waals surface area contributed by atoms with E-state index in [1.54, 1.807) is 18.5 Å². The first-order chi connectivity index (χ1) is 8.54. The topological polar surface area (TPSA) is 51.1 Å². The molecule has 1 aromatic carbocycles. The fourth-order valence-electron chi connectivity index (χ4n) is 1.88. The van der Waals surface area contributed by atoms with Crippen molar-refractivity contribution in [1.29, 1.82) is 0 Å². The van der Waals surface area contributed by atoms with Gasteiger partial charge in [0, 0.05) is 25.2 Å². The molecule has 0 aliphatic carbocycles. The quantitative estimate of drug-likeness (QED) is 0.874. The van der Waals surface area contributed by atoms with Crippen molar-refractivity contribution in [2.75, 3.05) is 6.54 Å². The average molecular weight is 248 g/mol. The molecular formula is C13H13FN2O2. The minimum atomic E-state index is -0.493. The molecule has 1 aromatic heterocycles. The van der Waals surface area contributed by atoms with Crippen LogP contribution in [0.5, 0.6) is 0 Å². The van der Waals surface area contributed by atoms with Crippen LogP contribution in [0.2, 0.25) is 0 Å². The third-order valence-corrected chi connectivity index (χ3v) is 2.73. The molecule has 94 valence electrons. The molecule has 1 N–H and O–H groups in total. The van der Waals surface area contributed by atoms with Crippen molar-refractivity contribution in [1.82, 2.24) is 9.88 Å². The predicted molar refractivity (Wildman–Crippen MR) is 67.2 cm³/mol. The van der Waals surface area contributed by atoms with Gasteiger partial charge in [0.05, 0.1) is 5.52 Å². The third-order valence-electron chi connectivity index (χ3n) is 2.73. The Morgan fingerprint density at radius 3 is 2.83 bits per heavy atom. The van der Waals surface area contributed by atoms with Gasteiger partial charge >= 0.3 is 0 Å². The summed E-state index contributed by atoms with van der Waals surface area (Å²) in [7, 11) is 1.71. The number of carbonyl (C=O) groups excluding carboxylic acids is 1. The molecule has 2 aromatic rings. The molecule has 2 rings (SSSR count). The van der Waals surface area contributed by atoms with Crippen LogP contribution >= 0.6 is 0 Å². The van der Waals surface area contributed by atoms with Gasteiger partial charge in [-0.2, -0.15) is 0 Å². The van der Waals surface area contributed by atoms with Gasteiger partial charge in [0.15, 0.2) is 0 Å². The lowest BCUT2D eigenvalue weighted by molar-refractivity contribution is 0.0954. The lowest BCUT2D eigenvalue weighted by Crippen LogP contribution is -2.29. The molecule has 0 radical (unpaired) electrons. The van der Waals surface area contributed by atoms with Crippen LogP contribution in [-0.4, -0.2) is 17.0 Å². The van der Waals surface area contributed by atoms with Crippen LogP contribution < -0.4 is 10.7 Å². The van der Waals surface area contributed by atoms with E-state index >= 15 is 0 Å². The molecule has 18 heavy (non-hydrogen) atoms. The molecule has 1 amide bonds. The first-order valence-electron chi connectivity index (χ1n) is 5.61. The van der Waals surface area contributed by atoms with Gasteiger partial charge in [-0.15, -0.1) is 0 Å². The van der Waals surface area contributed by atoms with E-state index in [1.165, 1.54) is 18.3 Å². The summed E-state index contributed by atoms with van der Waals surface area (Å²) >= 11 is 0. The molecular weight excluding hydrogens is 235 g/mol. The lowest BCUT2D eigenvalue weighted by Gasteiger charge is -2.08. The zero-order chi connectivity index (χ0) is 13.3. The molecule has 0 atom stereocenters. The molecule has 1 heterocycles. The standard InChI is InChI=1S/C13H13FN2O2/c1-3-15-13(18)10-7-16(2)11-5-4-8(14)6-9(11)12(10)17/h4-7H,3H2,1-2H3,(H,15,18). The smallest absolute Gasteiger partial charge is 0.256 e. The number of rotatable bonds is 2. The van der Waals surface area contributed by atoms with Gasteiger partial charge in [-0.3, -0.25) is 9.59 Å². The molecule has 0 aliphatic rings. The maximum absolute atomic E-state index is 13.2. The number of nitrogens with one attached hydrogen (secondary N) is 1. The maximum atomic E-state index is 13.2. The third kappa shape index (κ3) is 1.99. The van der Waals surface area contributed by atoms with E-state index in [2.05, 4.69) is 5.32 Å². The summed E-state index contributed by atoms with van der Waals surface area (Å²) in [6.07, 6.45) is 1.47. The fraction of sp³-hybridized carbons (Fsp3) is 0.231. The Morgan fingerprint density at radius 1 is 1.44 bits per heavy atom. The Kier molecular flexibility index (Phi) is 3.14. The zero-order valence-electron chi connectivity index (χ0n) is 10.2. The van der Waals surface area contributed by atoms with Crippen LogP contribution in [0.3, 0.4) is 0 Å². The minimum absolute atomic E-state index is 0.0254. The second-order valence-electron chi connectivity index (χ2n) is 4.00. The molecule has 0 fully saturated rings. The summed E-state index contributed by atoms with van der Waals surface area (Å²) in [5.74, 6) is -0.933. The van der Waals surface area contributed by atoms with Crippen LogP contribution in [-0.2, 0) is 7.05 Å². The highest BCUT2D eigenvalue weighted by atomic mass is 19.1. The first-order valence-corrected chi connectivity index (χ1v) is 5.61. The van der Waals surface area contributed by atoms with Crippen molar-refractivity contribution in [2.24, 2.45) is 7.05 Å². The number of benzene rings is 1. The van der Waals surface area contributed by atoms with Crippen molar-refractivity contribution in [3.8, 4) is 0 Å². The zero-order valence-corrected chi connectivity index (χ0v) is 10.2. The number of nitrogens with zero attached hydrogens (tertiary/aromatic N) is 1. The molecule has 0 saturated carbocycles. The summed E-state index contributed by atoms with van der Waals surface area (Å²) < 4.78 is 14.8. The Hall–Kier alpha value is -2.17. The van der Waals surface area contributed by atoms with Gasteiger partial charge < -0.3 is 9.88 Å². The Morgan fingerprint density at radius 2 is 2.17 bits per heavy atom.